The molecule has 1 heterocycles. The van der Waals surface area contributed by atoms with Crippen molar-refractivity contribution >= 4 is 27.5 Å². The zero-order valence-electron chi connectivity index (χ0n) is 11.4. The standard InChI is InChI=1S/C17H16BrClO2/c18-13-7-12(8-14(19)10-13)16(20)9-11-5-6-21-17-4-2-1-3-15(11)17/h1-4,7-8,10-11,16,20H,5-6,9H2. The molecule has 21 heavy (non-hydrogen) atoms. The van der Waals surface area contributed by atoms with Crippen LogP contribution in [-0.2, 0) is 0 Å². The van der Waals surface area contributed by atoms with Crippen LogP contribution >= 0.6 is 27.5 Å². The summed E-state index contributed by atoms with van der Waals surface area (Å²) in [5.74, 6) is 1.25. The number of para-hydroxylation sites is 1. The number of fused-ring (bicyclic) bond motifs is 1. The summed E-state index contributed by atoms with van der Waals surface area (Å²) < 4.78 is 6.55. The van der Waals surface area contributed by atoms with Crippen LogP contribution < -0.4 is 4.74 Å². The lowest BCUT2D eigenvalue weighted by atomic mass is 9.86. The molecule has 0 fully saturated rings. The highest BCUT2D eigenvalue weighted by Gasteiger charge is 2.24. The molecule has 0 amide bonds. The lowest BCUT2D eigenvalue weighted by Gasteiger charge is -2.27. The zero-order chi connectivity index (χ0) is 14.8. The Morgan fingerprint density at radius 1 is 1.29 bits per heavy atom. The Bertz CT molecular complexity index is 624. The van der Waals surface area contributed by atoms with E-state index in [9.17, 15) is 5.11 Å². The summed E-state index contributed by atoms with van der Waals surface area (Å²) in [5, 5.41) is 11.2. The van der Waals surface area contributed by atoms with Crippen molar-refractivity contribution in [3.05, 3.63) is 63.1 Å². The summed E-state index contributed by atoms with van der Waals surface area (Å²) in [4.78, 5) is 0. The number of rotatable bonds is 3. The van der Waals surface area contributed by atoms with Crippen LogP contribution in [0, 0.1) is 0 Å². The minimum absolute atomic E-state index is 0.308. The number of halogens is 2. The lowest BCUT2D eigenvalue weighted by molar-refractivity contribution is 0.145. The van der Waals surface area contributed by atoms with Gasteiger partial charge in [-0.15, -0.1) is 0 Å². The first-order valence-electron chi connectivity index (χ1n) is 6.99. The molecule has 3 rings (SSSR count). The average molecular weight is 368 g/mol. The topological polar surface area (TPSA) is 29.5 Å². The van der Waals surface area contributed by atoms with Gasteiger partial charge in [-0.05, 0) is 54.2 Å². The van der Waals surface area contributed by atoms with Gasteiger partial charge in [0.25, 0.3) is 0 Å². The smallest absolute Gasteiger partial charge is 0.122 e. The van der Waals surface area contributed by atoms with Gasteiger partial charge < -0.3 is 9.84 Å². The molecule has 0 saturated heterocycles. The number of aliphatic hydroxyl groups excluding tert-OH is 1. The Hall–Kier alpha value is -1.03. The second kappa shape index (κ2) is 6.39. The molecule has 2 atom stereocenters. The molecule has 0 bridgehead atoms. The van der Waals surface area contributed by atoms with Crippen molar-refractivity contribution in [1.82, 2.24) is 0 Å². The fourth-order valence-electron chi connectivity index (χ4n) is 2.83. The van der Waals surface area contributed by atoms with E-state index >= 15 is 0 Å². The molecular formula is C17H16BrClO2. The van der Waals surface area contributed by atoms with Gasteiger partial charge in [0.15, 0.2) is 0 Å². The second-order valence-corrected chi connectivity index (χ2v) is 6.68. The fourth-order valence-corrected chi connectivity index (χ4v) is 3.72. The second-order valence-electron chi connectivity index (χ2n) is 5.33. The van der Waals surface area contributed by atoms with Crippen molar-refractivity contribution in [1.29, 1.82) is 0 Å². The van der Waals surface area contributed by atoms with E-state index in [4.69, 9.17) is 16.3 Å². The van der Waals surface area contributed by atoms with Gasteiger partial charge in [-0.3, -0.25) is 0 Å². The van der Waals surface area contributed by atoms with Crippen molar-refractivity contribution in [3.8, 4) is 5.75 Å². The van der Waals surface area contributed by atoms with Crippen molar-refractivity contribution < 1.29 is 9.84 Å². The summed E-state index contributed by atoms with van der Waals surface area (Å²) in [7, 11) is 0. The normalized spacial score (nSPS) is 18.7. The third kappa shape index (κ3) is 3.42. The largest absolute Gasteiger partial charge is 0.493 e. The van der Waals surface area contributed by atoms with Crippen LogP contribution in [0.3, 0.4) is 0 Å². The summed E-state index contributed by atoms with van der Waals surface area (Å²) in [6.07, 6.45) is 1.07. The molecule has 4 heteroatoms. The molecule has 1 aliphatic heterocycles. The number of aliphatic hydroxyl groups is 1. The maximum absolute atomic E-state index is 10.5. The van der Waals surface area contributed by atoms with Crippen LogP contribution in [0.5, 0.6) is 5.75 Å². The van der Waals surface area contributed by atoms with Crippen LogP contribution in [0.25, 0.3) is 0 Å². The molecule has 1 N–H and O–H groups in total. The minimum atomic E-state index is -0.531. The number of hydrogen-bond donors (Lipinski definition) is 1. The van der Waals surface area contributed by atoms with Crippen LogP contribution in [0.4, 0.5) is 0 Å². The Balaban J connectivity index is 1.81. The SMILES string of the molecule is OC(CC1CCOc2ccccc21)c1cc(Cl)cc(Br)c1. The monoisotopic (exact) mass is 366 g/mol. The molecule has 0 aromatic heterocycles. The van der Waals surface area contributed by atoms with Crippen molar-refractivity contribution in [3.63, 3.8) is 0 Å². The fraction of sp³-hybridized carbons (Fsp3) is 0.294. The van der Waals surface area contributed by atoms with Crippen molar-refractivity contribution in [2.45, 2.75) is 24.9 Å². The highest BCUT2D eigenvalue weighted by atomic mass is 79.9. The Labute approximate surface area is 137 Å². The van der Waals surface area contributed by atoms with Crippen molar-refractivity contribution in [2.75, 3.05) is 6.61 Å². The molecule has 2 aromatic rings. The van der Waals surface area contributed by atoms with E-state index in [1.807, 2.05) is 36.4 Å². The van der Waals surface area contributed by atoms with Gasteiger partial charge >= 0.3 is 0 Å². The van der Waals surface area contributed by atoms with Gasteiger partial charge in [-0.2, -0.15) is 0 Å². The predicted octanol–water partition coefficient (Wildman–Crippen LogP) is 5.09. The average Bonchev–Trinajstić information content (AvgIpc) is 2.46. The highest BCUT2D eigenvalue weighted by molar-refractivity contribution is 9.10. The molecule has 0 saturated carbocycles. The van der Waals surface area contributed by atoms with E-state index in [2.05, 4.69) is 22.0 Å². The molecule has 110 valence electrons. The molecule has 1 aliphatic rings. The zero-order valence-corrected chi connectivity index (χ0v) is 13.8. The van der Waals surface area contributed by atoms with Gasteiger partial charge in [-0.25, -0.2) is 0 Å². The van der Waals surface area contributed by atoms with Gasteiger partial charge in [-0.1, -0.05) is 45.7 Å². The molecular weight excluding hydrogens is 352 g/mol. The number of ether oxygens (including phenoxy) is 1. The van der Waals surface area contributed by atoms with E-state index in [-0.39, 0.29) is 0 Å². The molecule has 0 aliphatic carbocycles. The minimum Gasteiger partial charge on any atom is -0.493 e. The van der Waals surface area contributed by atoms with E-state index in [1.165, 1.54) is 5.56 Å². The van der Waals surface area contributed by atoms with Gasteiger partial charge in [0, 0.05) is 9.50 Å². The van der Waals surface area contributed by atoms with Gasteiger partial charge in [0.05, 0.1) is 12.7 Å². The molecule has 0 radical (unpaired) electrons. The quantitative estimate of drug-likeness (QED) is 0.818. The molecule has 0 spiro atoms. The first-order chi connectivity index (χ1) is 10.1. The highest BCUT2D eigenvalue weighted by Crippen LogP contribution is 2.39. The molecule has 2 unspecified atom stereocenters. The van der Waals surface area contributed by atoms with Crippen molar-refractivity contribution in [2.24, 2.45) is 0 Å². The molecule has 2 nitrogen and oxygen atoms in total. The Kier molecular flexibility index (Phi) is 4.53. The summed E-state index contributed by atoms with van der Waals surface area (Å²) in [6, 6.07) is 13.6. The van der Waals surface area contributed by atoms with E-state index in [0.29, 0.717) is 24.0 Å². The van der Waals surface area contributed by atoms with Gasteiger partial charge in [0.2, 0.25) is 0 Å². The summed E-state index contributed by atoms with van der Waals surface area (Å²) >= 11 is 9.47. The van der Waals surface area contributed by atoms with Gasteiger partial charge in [0.1, 0.15) is 5.75 Å². The first-order valence-corrected chi connectivity index (χ1v) is 8.16. The van der Waals surface area contributed by atoms with Crippen LogP contribution in [0.2, 0.25) is 5.02 Å². The van der Waals surface area contributed by atoms with Crippen LogP contribution in [-0.4, -0.2) is 11.7 Å². The summed E-state index contributed by atoms with van der Waals surface area (Å²) in [5.41, 5.74) is 2.03. The Morgan fingerprint density at radius 2 is 2.10 bits per heavy atom. The van der Waals surface area contributed by atoms with E-state index in [1.54, 1.807) is 0 Å². The number of hydrogen-bond acceptors (Lipinski definition) is 2. The maximum Gasteiger partial charge on any atom is 0.122 e. The third-order valence-electron chi connectivity index (χ3n) is 3.86. The summed E-state index contributed by atoms with van der Waals surface area (Å²) in [6.45, 7) is 0.702. The predicted molar refractivity (Wildman–Crippen MR) is 88.0 cm³/mol. The lowest BCUT2D eigenvalue weighted by Crippen LogP contribution is -2.16. The van der Waals surface area contributed by atoms with E-state index < -0.39 is 6.10 Å². The first kappa shape index (κ1) is 14.9. The van der Waals surface area contributed by atoms with Crippen LogP contribution in [0.1, 0.15) is 36.0 Å². The molecule has 2 aromatic carbocycles. The van der Waals surface area contributed by atoms with E-state index in [0.717, 1.165) is 22.2 Å². The maximum atomic E-state index is 10.5. The van der Waals surface area contributed by atoms with Crippen LogP contribution in [0.15, 0.2) is 46.9 Å². The number of benzene rings is 2. The third-order valence-corrected chi connectivity index (χ3v) is 4.54. The Morgan fingerprint density at radius 3 is 2.90 bits per heavy atom.